The van der Waals surface area contributed by atoms with Crippen molar-refractivity contribution < 1.29 is 0 Å². The molecule has 0 amide bonds. The van der Waals surface area contributed by atoms with E-state index in [1.807, 2.05) is 6.08 Å². The van der Waals surface area contributed by atoms with Gasteiger partial charge in [-0.05, 0) is 60.6 Å². The highest BCUT2D eigenvalue weighted by Crippen LogP contribution is 2.47. The molecule has 0 saturated heterocycles. The van der Waals surface area contributed by atoms with Crippen molar-refractivity contribution in [2.75, 3.05) is 0 Å². The molecule has 2 rings (SSSR count). The van der Waals surface area contributed by atoms with E-state index in [0.717, 1.165) is 12.0 Å². The fourth-order valence-electron chi connectivity index (χ4n) is 3.62. The van der Waals surface area contributed by atoms with Crippen molar-refractivity contribution in [1.82, 2.24) is 0 Å². The Morgan fingerprint density at radius 3 is 2.48 bits per heavy atom. The van der Waals surface area contributed by atoms with E-state index in [4.69, 9.17) is 0 Å². The molecule has 0 fully saturated rings. The Labute approximate surface area is 141 Å². The van der Waals surface area contributed by atoms with Crippen molar-refractivity contribution in [3.05, 3.63) is 83.0 Å². The van der Waals surface area contributed by atoms with Gasteiger partial charge in [0.25, 0.3) is 0 Å². The van der Waals surface area contributed by atoms with Crippen LogP contribution >= 0.6 is 0 Å². The lowest BCUT2D eigenvalue weighted by atomic mass is 9.87. The molecule has 0 aromatic heterocycles. The van der Waals surface area contributed by atoms with Crippen LogP contribution in [-0.4, -0.2) is 0 Å². The third-order valence-electron chi connectivity index (χ3n) is 4.81. The second-order valence-electron chi connectivity index (χ2n) is 6.35. The van der Waals surface area contributed by atoms with Crippen molar-refractivity contribution in [1.29, 1.82) is 0 Å². The Morgan fingerprint density at radius 1 is 1.26 bits per heavy atom. The van der Waals surface area contributed by atoms with Crippen molar-refractivity contribution >= 4 is 11.1 Å². The molecule has 0 heterocycles. The monoisotopic (exact) mass is 304 g/mol. The maximum atomic E-state index is 4.24. The van der Waals surface area contributed by atoms with Gasteiger partial charge in [0, 0.05) is 5.92 Å². The second-order valence-corrected chi connectivity index (χ2v) is 6.35. The zero-order valence-corrected chi connectivity index (χ0v) is 15.2. The highest BCUT2D eigenvalue weighted by atomic mass is 14.3. The highest BCUT2D eigenvalue weighted by molar-refractivity contribution is 5.95. The summed E-state index contributed by atoms with van der Waals surface area (Å²) in [5.74, 6) is 0.405. The minimum Gasteiger partial charge on any atom is -0.0984 e. The molecule has 0 N–H and O–H groups in total. The van der Waals surface area contributed by atoms with Crippen LogP contribution in [0, 0.1) is 0 Å². The molecule has 0 aliphatic heterocycles. The minimum absolute atomic E-state index is 0.405. The van der Waals surface area contributed by atoms with Crippen LogP contribution in [0.15, 0.2) is 66.3 Å². The van der Waals surface area contributed by atoms with Crippen LogP contribution in [0.1, 0.15) is 63.6 Å². The van der Waals surface area contributed by atoms with Gasteiger partial charge in [-0.25, -0.2) is 0 Å². The summed E-state index contributed by atoms with van der Waals surface area (Å²) in [6.07, 6.45) is 7.39. The molecule has 1 aromatic carbocycles. The first-order chi connectivity index (χ1) is 11.0. The lowest BCUT2D eigenvalue weighted by Gasteiger charge is -2.17. The van der Waals surface area contributed by atoms with Gasteiger partial charge in [0.2, 0.25) is 0 Å². The largest absolute Gasteiger partial charge is 0.0984 e. The Bertz CT molecular complexity index is 735. The van der Waals surface area contributed by atoms with E-state index in [9.17, 15) is 0 Å². The average molecular weight is 304 g/mol. The van der Waals surface area contributed by atoms with Crippen LogP contribution in [0.2, 0.25) is 0 Å². The molecule has 1 aliphatic rings. The fraction of sp³-hybridized carbons (Fsp3) is 0.304. The molecule has 0 nitrogen and oxygen atoms in total. The number of benzene rings is 1. The minimum atomic E-state index is 0.405. The molecule has 0 bridgehead atoms. The molecule has 0 radical (unpaired) electrons. The van der Waals surface area contributed by atoms with E-state index < -0.39 is 0 Å². The molecule has 1 unspecified atom stereocenters. The van der Waals surface area contributed by atoms with Crippen molar-refractivity contribution in [3.63, 3.8) is 0 Å². The van der Waals surface area contributed by atoms with Crippen LogP contribution < -0.4 is 0 Å². The van der Waals surface area contributed by atoms with Crippen molar-refractivity contribution in [3.8, 4) is 0 Å². The summed E-state index contributed by atoms with van der Waals surface area (Å²) in [5.41, 5.74) is 10.5. The standard InChI is InChI=1S/C23H28/c1-8-12-19-17(7)20-13-11-14-21(23(20)18(19)10-3)22(15(4)5)16(6)9-2/h8,10-14,17H,3-4,9H2,1-2,5-7H3/b12-8-,22-16+. The topological polar surface area (TPSA) is 0 Å². The number of hydrogen-bond acceptors (Lipinski definition) is 0. The Hall–Kier alpha value is -2.08. The smallest absolute Gasteiger partial charge is 0.00734 e. The average Bonchev–Trinajstić information content (AvgIpc) is 2.80. The Balaban J connectivity index is 2.84. The highest BCUT2D eigenvalue weighted by Gasteiger charge is 2.28. The predicted octanol–water partition coefficient (Wildman–Crippen LogP) is 7.08. The second kappa shape index (κ2) is 7.00. The van der Waals surface area contributed by atoms with Crippen LogP contribution in [0.5, 0.6) is 0 Å². The van der Waals surface area contributed by atoms with Gasteiger partial charge < -0.3 is 0 Å². The maximum absolute atomic E-state index is 4.24. The zero-order valence-electron chi connectivity index (χ0n) is 15.2. The number of fused-ring (bicyclic) bond motifs is 1. The molecule has 1 aromatic rings. The first-order valence-electron chi connectivity index (χ1n) is 8.46. The first kappa shape index (κ1) is 17.3. The van der Waals surface area contributed by atoms with E-state index in [1.54, 1.807) is 0 Å². The van der Waals surface area contributed by atoms with E-state index in [0.29, 0.717) is 5.92 Å². The molecule has 23 heavy (non-hydrogen) atoms. The van der Waals surface area contributed by atoms with Gasteiger partial charge in [0.15, 0.2) is 0 Å². The van der Waals surface area contributed by atoms with Crippen LogP contribution in [0.25, 0.3) is 11.1 Å². The lowest BCUT2D eigenvalue weighted by Crippen LogP contribution is -1.98. The summed E-state index contributed by atoms with van der Waals surface area (Å²) in [6.45, 7) is 19.2. The van der Waals surface area contributed by atoms with Crippen molar-refractivity contribution in [2.24, 2.45) is 0 Å². The van der Waals surface area contributed by atoms with Gasteiger partial charge in [0.05, 0.1) is 0 Å². The molecule has 0 spiro atoms. The van der Waals surface area contributed by atoms with Gasteiger partial charge in [0.1, 0.15) is 0 Å². The quantitative estimate of drug-likeness (QED) is 0.510. The first-order valence-corrected chi connectivity index (χ1v) is 8.46. The number of hydrogen-bond donors (Lipinski definition) is 0. The van der Waals surface area contributed by atoms with Gasteiger partial charge in [-0.15, -0.1) is 0 Å². The Morgan fingerprint density at radius 2 is 1.96 bits per heavy atom. The third-order valence-corrected chi connectivity index (χ3v) is 4.81. The van der Waals surface area contributed by atoms with Crippen molar-refractivity contribution in [2.45, 2.75) is 47.0 Å². The number of rotatable bonds is 5. The molecule has 1 aliphatic carbocycles. The third kappa shape index (κ3) is 2.91. The van der Waals surface area contributed by atoms with Gasteiger partial charge in [-0.3, -0.25) is 0 Å². The summed E-state index contributed by atoms with van der Waals surface area (Å²) in [4.78, 5) is 0. The van der Waals surface area contributed by atoms with E-state index in [1.165, 1.54) is 39.0 Å². The molecule has 0 saturated carbocycles. The summed E-state index contributed by atoms with van der Waals surface area (Å²) < 4.78 is 0. The fourth-order valence-corrected chi connectivity index (χ4v) is 3.62. The zero-order chi connectivity index (χ0) is 17.1. The summed E-state index contributed by atoms with van der Waals surface area (Å²) in [7, 11) is 0. The van der Waals surface area contributed by atoms with Crippen LogP contribution in [0.3, 0.4) is 0 Å². The summed E-state index contributed by atoms with van der Waals surface area (Å²) >= 11 is 0. The number of allylic oxidation sites excluding steroid dienone is 8. The van der Waals surface area contributed by atoms with Gasteiger partial charge >= 0.3 is 0 Å². The molecule has 120 valence electrons. The predicted molar refractivity (Wildman–Crippen MR) is 104 cm³/mol. The lowest BCUT2D eigenvalue weighted by molar-refractivity contribution is 0.946. The summed E-state index contributed by atoms with van der Waals surface area (Å²) in [5, 5.41) is 0. The van der Waals surface area contributed by atoms with E-state index >= 15 is 0 Å². The molecule has 1 atom stereocenters. The summed E-state index contributed by atoms with van der Waals surface area (Å²) in [6, 6.07) is 6.66. The van der Waals surface area contributed by atoms with Crippen LogP contribution in [0.4, 0.5) is 0 Å². The van der Waals surface area contributed by atoms with E-state index in [-0.39, 0.29) is 0 Å². The van der Waals surface area contributed by atoms with E-state index in [2.05, 4.69) is 78.1 Å². The Kier molecular flexibility index (Phi) is 5.26. The maximum Gasteiger partial charge on any atom is 0.00734 e. The molecule has 0 heteroatoms. The normalized spacial score (nSPS) is 18.2. The van der Waals surface area contributed by atoms with Gasteiger partial charge in [-0.1, -0.05) is 74.6 Å². The van der Waals surface area contributed by atoms with Gasteiger partial charge in [-0.2, -0.15) is 0 Å². The van der Waals surface area contributed by atoms with Crippen LogP contribution in [-0.2, 0) is 0 Å². The molecular formula is C23H28. The SMILES string of the molecule is C=CC1=C(/C=C\C)C(C)c2cccc(/C(C(=C)C)=C(\C)CC)c21. The molecular weight excluding hydrogens is 276 g/mol.